The van der Waals surface area contributed by atoms with Crippen LogP contribution < -0.4 is 4.90 Å². The van der Waals surface area contributed by atoms with Crippen LogP contribution in [0.1, 0.15) is 42.2 Å². The van der Waals surface area contributed by atoms with E-state index >= 15 is 0 Å². The molecule has 1 atom stereocenters. The number of thiazole rings is 1. The molecule has 0 N–H and O–H groups in total. The van der Waals surface area contributed by atoms with Crippen LogP contribution in [0.3, 0.4) is 0 Å². The first kappa shape index (κ1) is 20.7. The lowest BCUT2D eigenvalue weighted by molar-refractivity contribution is 0.564. The van der Waals surface area contributed by atoms with Crippen LogP contribution in [-0.4, -0.2) is 17.1 Å². The predicted octanol–water partition coefficient (Wildman–Crippen LogP) is 7.72. The topological polar surface area (TPSA) is 16.1 Å². The van der Waals surface area contributed by atoms with Crippen molar-refractivity contribution in [2.45, 2.75) is 58.5 Å². The van der Waals surface area contributed by atoms with Gasteiger partial charge in [-0.05, 0) is 63.3 Å². The third-order valence-electron chi connectivity index (χ3n) is 5.59. The van der Waals surface area contributed by atoms with Crippen LogP contribution >= 0.6 is 34.5 Å². The third-order valence-corrected chi connectivity index (χ3v) is 7.12. The summed E-state index contributed by atoms with van der Waals surface area (Å²) < 4.78 is 0. The highest BCUT2D eigenvalue weighted by atomic mass is 35.5. The molecule has 0 aliphatic heterocycles. The van der Waals surface area contributed by atoms with Crippen LogP contribution in [-0.2, 0) is 6.42 Å². The van der Waals surface area contributed by atoms with E-state index in [0.29, 0.717) is 22.1 Å². The Morgan fingerprint density at radius 2 is 1.83 bits per heavy atom. The average Bonchev–Trinajstić information content (AvgIpc) is 3.45. The molecule has 5 heteroatoms. The van der Waals surface area contributed by atoms with E-state index in [1.165, 1.54) is 28.8 Å². The van der Waals surface area contributed by atoms with Crippen molar-refractivity contribution < 1.29 is 0 Å². The number of hydrogen-bond acceptors (Lipinski definition) is 3. The summed E-state index contributed by atoms with van der Waals surface area (Å²) in [7, 11) is 0. The van der Waals surface area contributed by atoms with E-state index < -0.39 is 0 Å². The van der Waals surface area contributed by atoms with Crippen molar-refractivity contribution in [2.24, 2.45) is 0 Å². The molecule has 0 amide bonds. The SMILES string of the molecule is CCC(Cc1ccc(C)cc1)N(c1nc(-c2ccc(Cl)cc2Cl)c(C)s1)C1CC1. The molecule has 1 fully saturated rings. The van der Waals surface area contributed by atoms with Crippen molar-refractivity contribution in [3.63, 3.8) is 0 Å². The highest BCUT2D eigenvalue weighted by Gasteiger charge is 2.35. The highest BCUT2D eigenvalue weighted by Crippen LogP contribution is 2.42. The van der Waals surface area contributed by atoms with Gasteiger partial charge in [-0.1, -0.05) is 60.0 Å². The smallest absolute Gasteiger partial charge is 0.186 e. The van der Waals surface area contributed by atoms with Crippen molar-refractivity contribution in [2.75, 3.05) is 4.90 Å². The van der Waals surface area contributed by atoms with Gasteiger partial charge in [0.25, 0.3) is 0 Å². The van der Waals surface area contributed by atoms with Crippen LogP contribution in [0.2, 0.25) is 10.0 Å². The van der Waals surface area contributed by atoms with E-state index in [-0.39, 0.29) is 0 Å². The van der Waals surface area contributed by atoms with E-state index in [2.05, 4.69) is 49.9 Å². The van der Waals surface area contributed by atoms with E-state index in [4.69, 9.17) is 28.2 Å². The van der Waals surface area contributed by atoms with E-state index in [0.717, 1.165) is 29.2 Å². The van der Waals surface area contributed by atoms with Gasteiger partial charge >= 0.3 is 0 Å². The van der Waals surface area contributed by atoms with Gasteiger partial charge in [-0.15, -0.1) is 11.3 Å². The summed E-state index contributed by atoms with van der Waals surface area (Å²) in [5.41, 5.74) is 4.63. The lowest BCUT2D eigenvalue weighted by atomic mass is 10.0. The Morgan fingerprint density at radius 1 is 1.10 bits per heavy atom. The summed E-state index contributed by atoms with van der Waals surface area (Å²) in [6.07, 6.45) is 4.64. The maximum atomic E-state index is 6.48. The molecule has 2 aromatic carbocycles. The summed E-state index contributed by atoms with van der Waals surface area (Å²) in [6, 6.07) is 15.6. The fraction of sp³-hybridized carbons (Fsp3) is 0.375. The molecule has 29 heavy (non-hydrogen) atoms. The molecule has 1 aromatic heterocycles. The van der Waals surface area contributed by atoms with Gasteiger partial charge in [0.1, 0.15) is 0 Å². The summed E-state index contributed by atoms with van der Waals surface area (Å²) in [5, 5.41) is 2.42. The zero-order valence-corrected chi connectivity index (χ0v) is 19.4. The molecule has 2 nitrogen and oxygen atoms in total. The standard InChI is InChI=1S/C24H26Cl2N2S/c1-4-19(13-17-7-5-15(2)6-8-17)28(20-10-11-20)24-27-23(16(3)29-24)21-12-9-18(25)14-22(21)26/h5-9,12,14,19-20H,4,10-11,13H2,1-3H3. The van der Waals surface area contributed by atoms with Crippen molar-refractivity contribution in [3.05, 3.63) is 68.5 Å². The van der Waals surface area contributed by atoms with Crippen molar-refractivity contribution in [1.82, 2.24) is 4.98 Å². The highest BCUT2D eigenvalue weighted by molar-refractivity contribution is 7.16. The number of aryl methyl sites for hydroxylation is 2. The Balaban J connectivity index is 1.65. The Hall–Kier alpha value is -1.55. The number of halogens is 2. The second kappa shape index (κ2) is 8.67. The minimum atomic E-state index is 0.448. The van der Waals surface area contributed by atoms with Crippen LogP contribution in [0.15, 0.2) is 42.5 Å². The number of hydrogen-bond donors (Lipinski definition) is 0. The average molecular weight is 445 g/mol. The fourth-order valence-corrected chi connectivity index (χ4v) is 5.39. The minimum absolute atomic E-state index is 0.448. The molecule has 0 bridgehead atoms. The molecule has 0 spiro atoms. The van der Waals surface area contributed by atoms with Crippen molar-refractivity contribution >= 4 is 39.7 Å². The van der Waals surface area contributed by atoms with Gasteiger partial charge in [0.05, 0.1) is 10.7 Å². The van der Waals surface area contributed by atoms with Crippen LogP contribution in [0, 0.1) is 13.8 Å². The second-order valence-electron chi connectivity index (χ2n) is 7.92. The Labute approximate surface area is 187 Å². The monoisotopic (exact) mass is 444 g/mol. The van der Waals surface area contributed by atoms with Gasteiger partial charge in [-0.2, -0.15) is 0 Å². The van der Waals surface area contributed by atoms with Gasteiger partial charge in [0, 0.05) is 27.5 Å². The maximum absolute atomic E-state index is 6.48. The van der Waals surface area contributed by atoms with Crippen molar-refractivity contribution in [3.8, 4) is 11.3 Å². The summed E-state index contributed by atoms with van der Waals surface area (Å²) in [6.45, 7) is 6.55. The maximum Gasteiger partial charge on any atom is 0.186 e. The molecule has 1 aliphatic rings. The van der Waals surface area contributed by atoms with E-state index in [9.17, 15) is 0 Å². The molecule has 152 valence electrons. The summed E-state index contributed by atoms with van der Waals surface area (Å²) >= 11 is 14.3. The zero-order valence-electron chi connectivity index (χ0n) is 17.1. The van der Waals surface area contributed by atoms with Crippen LogP contribution in [0.25, 0.3) is 11.3 Å². The number of rotatable bonds is 7. The lowest BCUT2D eigenvalue weighted by Gasteiger charge is -2.31. The molecule has 1 unspecified atom stereocenters. The number of benzene rings is 2. The number of anilines is 1. The Morgan fingerprint density at radius 3 is 2.45 bits per heavy atom. The van der Waals surface area contributed by atoms with Gasteiger partial charge in [-0.3, -0.25) is 0 Å². The minimum Gasteiger partial charge on any atom is -0.342 e. The fourth-order valence-electron chi connectivity index (χ4n) is 3.82. The molecular formula is C24H26Cl2N2S. The van der Waals surface area contributed by atoms with Crippen LogP contribution in [0.4, 0.5) is 5.13 Å². The summed E-state index contributed by atoms with van der Waals surface area (Å²) in [5.74, 6) is 0. The molecule has 1 heterocycles. The third kappa shape index (κ3) is 4.63. The van der Waals surface area contributed by atoms with Gasteiger partial charge in [0.15, 0.2) is 5.13 Å². The largest absolute Gasteiger partial charge is 0.342 e. The van der Waals surface area contributed by atoms with Crippen LogP contribution in [0.5, 0.6) is 0 Å². The predicted molar refractivity (Wildman–Crippen MR) is 127 cm³/mol. The first-order valence-corrected chi connectivity index (χ1v) is 11.8. The van der Waals surface area contributed by atoms with Crippen molar-refractivity contribution in [1.29, 1.82) is 0 Å². The molecule has 0 radical (unpaired) electrons. The van der Waals surface area contributed by atoms with Gasteiger partial charge in [0.2, 0.25) is 0 Å². The lowest BCUT2D eigenvalue weighted by Crippen LogP contribution is -2.38. The van der Waals surface area contributed by atoms with Gasteiger partial charge < -0.3 is 4.90 Å². The first-order valence-electron chi connectivity index (χ1n) is 10.2. The summed E-state index contributed by atoms with van der Waals surface area (Å²) in [4.78, 5) is 8.84. The number of aromatic nitrogens is 1. The first-order chi connectivity index (χ1) is 14.0. The molecule has 0 saturated heterocycles. The number of nitrogens with zero attached hydrogens (tertiary/aromatic N) is 2. The Bertz CT molecular complexity index is 993. The second-order valence-corrected chi connectivity index (χ2v) is 9.94. The quantitative estimate of drug-likeness (QED) is 0.370. The zero-order chi connectivity index (χ0) is 20.5. The molecule has 3 aromatic rings. The van der Waals surface area contributed by atoms with E-state index in [1.807, 2.05) is 12.1 Å². The van der Waals surface area contributed by atoms with Gasteiger partial charge in [-0.25, -0.2) is 4.98 Å². The molecular weight excluding hydrogens is 419 g/mol. The molecule has 1 saturated carbocycles. The normalized spacial score (nSPS) is 14.8. The Kier molecular flexibility index (Phi) is 6.19. The molecule has 4 rings (SSSR count). The molecule has 1 aliphatic carbocycles. The van der Waals surface area contributed by atoms with E-state index in [1.54, 1.807) is 17.4 Å².